The molecule has 2 aliphatic heterocycles. The maximum Gasteiger partial charge on any atom is 0.278 e. The predicted octanol–water partition coefficient (Wildman–Crippen LogP) is 3.93. The molecule has 2 aromatic carbocycles. The van der Waals surface area contributed by atoms with E-state index in [1.807, 2.05) is 54.3 Å². The number of amides is 2. The molecular weight excluding hydrogens is 364 g/mol. The maximum atomic E-state index is 13.5. The summed E-state index contributed by atoms with van der Waals surface area (Å²) in [4.78, 5) is 30.1. The molecule has 5 rings (SSSR count). The molecule has 1 aromatic heterocycles. The van der Waals surface area contributed by atoms with E-state index < -0.39 is 0 Å². The van der Waals surface area contributed by atoms with E-state index in [2.05, 4.69) is 6.07 Å². The fourth-order valence-electron chi connectivity index (χ4n) is 4.07. The Labute approximate surface area is 168 Å². The quantitative estimate of drug-likeness (QED) is 0.640. The van der Waals surface area contributed by atoms with Gasteiger partial charge in [-0.3, -0.25) is 14.5 Å². The molecule has 5 heteroatoms. The van der Waals surface area contributed by atoms with Crippen molar-refractivity contribution in [1.82, 2.24) is 4.90 Å². The standard InChI is InChI=1S/C24H20N2O3/c1-16-8-10-18(11-9-16)21-22(25-13-12-17-5-2-3-7-20(17)25)24(28)26(23(21)27)15-19-6-4-14-29-19/h2-11,14H,12-13,15H2,1H3. The highest BCUT2D eigenvalue weighted by molar-refractivity contribution is 6.36. The minimum Gasteiger partial charge on any atom is -0.467 e. The van der Waals surface area contributed by atoms with Crippen molar-refractivity contribution in [2.24, 2.45) is 0 Å². The lowest BCUT2D eigenvalue weighted by Crippen LogP contribution is -2.34. The number of benzene rings is 2. The highest BCUT2D eigenvalue weighted by atomic mass is 16.3. The fourth-order valence-corrected chi connectivity index (χ4v) is 4.07. The molecular formula is C24H20N2O3. The summed E-state index contributed by atoms with van der Waals surface area (Å²) in [7, 11) is 0. The smallest absolute Gasteiger partial charge is 0.278 e. The Kier molecular flexibility index (Phi) is 4.09. The topological polar surface area (TPSA) is 53.8 Å². The molecule has 0 saturated heterocycles. The largest absolute Gasteiger partial charge is 0.467 e. The number of hydrogen-bond acceptors (Lipinski definition) is 4. The van der Waals surface area contributed by atoms with Crippen molar-refractivity contribution in [3.05, 3.63) is 95.1 Å². The molecule has 144 valence electrons. The van der Waals surface area contributed by atoms with E-state index in [1.54, 1.807) is 18.4 Å². The summed E-state index contributed by atoms with van der Waals surface area (Å²) in [5.41, 5.74) is 4.96. The van der Waals surface area contributed by atoms with E-state index >= 15 is 0 Å². The van der Waals surface area contributed by atoms with Crippen LogP contribution >= 0.6 is 0 Å². The second-order valence-corrected chi connectivity index (χ2v) is 7.40. The summed E-state index contributed by atoms with van der Waals surface area (Å²) in [5, 5.41) is 0. The summed E-state index contributed by atoms with van der Waals surface area (Å²) in [6.45, 7) is 2.80. The van der Waals surface area contributed by atoms with Gasteiger partial charge in [-0.1, -0.05) is 48.0 Å². The van der Waals surface area contributed by atoms with Gasteiger partial charge in [0.25, 0.3) is 11.8 Å². The van der Waals surface area contributed by atoms with Crippen LogP contribution in [0.15, 0.2) is 77.0 Å². The molecule has 0 bridgehead atoms. The maximum absolute atomic E-state index is 13.5. The number of carbonyl (C=O) groups excluding carboxylic acids is 2. The Morgan fingerprint density at radius 3 is 2.48 bits per heavy atom. The van der Waals surface area contributed by atoms with Gasteiger partial charge in [0.1, 0.15) is 11.5 Å². The number of aryl methyl sites for hydroxylation is 1. The summed E-state index contributed by atoms with van der Waals surface area (Å²) in [6.07, 6.45) is 2.40. The van der Waals surface area contributed by atoms with Crippen molar-refractivity contribution in [2.45, 2.75) is 19.9 Å². The summed E-state index contributed by atoms with van der Waals surface area (Å²) < 4.78 is 5.39. The van der Waals surface area contributed by atoms with E-state index in [0.717, 1.165) is 23.2 Å². The average molecular weight is 384 g/mol. The van der Waals surface area contributed by atoms with Gasteiger partial charge in [0, 0.05) is 12.2 Å². The third-order valence-corrected chi connectivity index (χ3v) is 5.53. The van der Waals surface area contributed by atoms with Crippen molar-refractivity contribution in [2.75, 3.05) is 11.4 Å². The summed E-state index contributed by atoms with van der Waals surface area (Å²) in [5.74, 6) is 0.0198. The lowest BCUT2D eigenvalue weighted by atomic mass is 10.0. The predicted molar refractivity (Wildman–Crippen MR) is 110 cm³/mol. The fraction of sp³-hybridized carbons (Fsp3) is 0.167. The van der Waals surface area contributed by atoms with Crippen LogP contribution in [0.5, 0.6) is 0 Å². The van der Waals surface area contributed by atoms with E-state index in [9.17, 15) is 9.59 Å². The molecule has 0 spiro atoms. The Morgan fingerprint density at radius 2 is 1.72 bits per heavy atom. The Bertz CT molecular complexity index is 1130. The zero-order valence-corrected chi connectivity index (χ0v) is 16.1. The number of nitrogens with zero attached hydrogens (tertiary/aromatic N) is 2. The highest BCUT2D eigenvalue weighted by Crippen LogP contribution is 2.39. The van der Waals surface area contributed by atoms with Gasteiger partial charge < -0.3 is 9.32 Å². The molecule has 3 heterocycles. The second-order valence-electron chi connectivity index (χ2n) is 7.40. The number of hydrogen-bond donors (Lipinski definition) is 0. The van der Waals surface area contributed by atoms with Crippen molar-refractivity contribution in [3.63, 3.8) is 0 Å². The van der Waals surface area contributed by atoms with Crippen molar-refractivity contribution in [1.29, 1.82) is 0 Å². The van der Waals surface area contributed by atoms with Crippen molar-refractivity contribution >= 4 is 23.1 Å². The first-order valence-electron chi connectivity index (χ1n) is 9.69. The van der Waals surface area contributed by atoms with Gasteiger partial charge in [0.15, 0.2) is 0 Å². The first kappa shape index (κ1) is 17.5. The number of para-hydroxylation sites is 1. The van der Waals surface area contributed by atoms with Gasteiger partial charge in [-0.2, -0.15) is 0 Å². The molecule has 2 amide bonds. The first-order valence-corrected chi connectivity index (χ1v) is 9.69. The Hall–Kier alpha value is -3.60. The minimum atomic E-state index is -0.283. The number of imide groups is 1. The van der Waals surface area contributed by atoms with Gasteiger partial charge in [0.2, 0.25) is 0 Å². The van der Waals surface area contributed by atoms with Crippen molar-refractivity contribution < 1.29 is 14.0 Å². The second kappa shape index (κ2) is 6.78. The number of fused-ring (bicyclic) bond motifs is 1. The molecule has 5 nitrogen and oxygen atoms in total. The van der Waals surface area contributed by atoms with E-state index in [0.29, 0.717) is 23.6 Å². The molecule has 3 aromatic rings. The lowest BCUT2D eigenvalue weighted by molar-refractivity contribution is -0.137. The summed E-state index contributed by atoms with van der Waals surface area (Å²) >= 11 is 0. The van der Waals surface area contributed by atoms with Crippen LogP contribution in [0.2, 0.25) is 0 Å². The van der Waals surface area contributed by atoms with Gasteiger partial charge in [-0.05, 0) is 42.7 Å². The number of anilines is 1. The van der Waals surface area contributed by atoms with Gasteiger partial charge in [-0.15, -0.1) is 0 Å². The monoisotopic (exact) mass is 384 g/mol. The molecule has 0 fully saturated rings. The zero-order chi connectivity index (χ0) is 20.0. The lowest BCUT2D eigenvalue weighted by Gasteiger charge is -2.21. The number of rotatable bonds is 4. The van der Waals surface area contributed by atoms with Gasteiger partial charge in [0.05, 0.1) is 18.4 Å². The molecule has 2 aliphatic rings. The number of furan rings is 1. The van der Waals surface area contributed by atoms with Crippen LogP contribution in [0.3, 0.4) is 0 Å². The normalized spacial score (nSPS) is 16.2. The van der Waals surface area contributed by atoms with E-state index in [-0.39, 0.29) is 18.4 Å². The van der Waals surface area contributed by atoms with Crippen LogP contribution < -0.4 is 4.90 Å². The Morgan fingerprint density at radius 1 is 0.931 bits per heavy atom. The first-order chi connectivity index (χ1) is 14.1. The molecule has 0 unspecified atom stereocenters. The van der Waals surface area contributed by atoms with Gasteiger partial charge in [-0.25, -0.2) is 0 Å². The molecule has 0 N–H and O–H groups in total. The Balaban J connectivity index is 1.63. The van der Waals surface area contributed by atoms with Crippen LogP contribution in [-0.4, -0.2) is 23.3 Å². The number of carbonyl (C=O) groups is 2. The highest BCUT2D eigenvalue weighted by Gasteiger charge is 2.43. The third-order valence-electron chi connectivity index (χ3n) is 5.53. The summed E-state index contributed by atoms with van der Waals surface area (Å²) in [6, 6.07) is 19.3. The molecule has 29 heavy (non-hydrogen) atoms. The van der Waals surface area contributed by atoms with Gasteiger partial charge >= 0.3 is 0 Å². The SMILES string of the molecule is Cc1ccc(C2=C(N3CCc4ccccc43)C(=O)N(Cc3ccco3)C2=O)cc1. The van der Waals surface area contributed by atoms with E-state index in [1.165, 1.54) is 10.5 Å². The minimum absolute atomic E-state index is 0.124. The zero-order valence-electron chi connectivity index (χ0n) is 16.1. The van der Waals surface area contributed by atoms with E-state index in [4.69, 9.17) is 4.42 Å². The average Bonchev–Trinajstić information content (AvgIpc) is 3.44. The van der Waals surface area contributed by atoms with Crippen molar-refractivity contribution in [3.8, 4) is 0 Å². The van der Waals surface area contributed by atoms with Crippen LogP contribution in [-0.2, 0) is 22.6 Å². The molecule has 0 saturated carbocycles. The molecule has 0 radical (unpaired) electrons. The molecule has 0 aliphatic carbocycles. The van der Waals surface area contributed by atoms with Crippen LogP contribution in [0, 0.1) is 6.92 Å². The van der Waals surface area contributed by atoms with Crippen LogP contribution in [0.4, 0.5) is 5.69 Å². The van der Waals surface area contributed by atoms with Crippen LogP contribution in [0.25, 0.3) is 5.57 Å². The van der Waals surface area contributed by atoms with Crippen LogP contribution in [0.1, 0.15) is 22.5 Å². The third kappa shape index (κ3) is 2.86. The molecule has 0 atom stereocenters.